The van der Waals surface area contributed by atoms with E-state index in [1.807, 2.05) is 6.07 Å². The number of aromatic nitrogens is 3. The predicted molar refractivity (Wildman–Crippen MR) is 128 cm³/mol. The minimum absolute atomic E-state index is 0.0880. The second kappa shape index (κ2) is 7.59. The Morgan fingerprint density at radius 2 is 1.80 bits per heavy atom. The van der Waals surface area contributed by atoms with Gasteiger partial charge in [-0.1, -0.05) is 36.4 Å². The molecule has 5 N–H and O–H groups in total. The van der Waals surface area contributed by atoms with E-state index in [1.54, 1.807) is 49.4 Å². The van der Waals surface area contributed by atoms with Gasteiger partial charge in [0, 0.05) is 17.0 Å². The molecule has 4 heterocycles. The number of nitrogens with one attached hydrogen (secondary N) is 3. The van der Waals surface area contributed by atoms with E-state index in [-0.39, 0.29) is 35.2 Å². The maximum absolute atomic E-state index is 13.4. The highest BCUT2D eigenvalue weighted by atomic mass is 16.7. The van der Waals surface area contributed by atoms with Crippen LogP contribution in [-0.4, -0.2) is 27.5 Å². The largest absolute Gasteiger partial charge is 0.454 e. The average molecular weight is 469 g/mol. The van der Waals surface area contributed by atoms with E-state index in [0.717, 1.165) is 0 Å². The quantitative estimate of drug-likeness (QED) is 0.294. The molecule has 0 radical (unpaired) electrons. The third-order valence-corrected chi connectivity index (χ3v) is 6.25. The van der Waals surface area contributed by atoms with Crippen LogP contribution in [0.4, 0.5) is 17.3 Å². The summed E-state index contributed by atoms with van der Waals surface area (Å²) >= 11 is 0. The lowest BCUT2D eigenvalue weighted by Crippen LogP contribution is -2.33. The van der Waals surface area contributed by atoms with Crippen LogP contribution in [0.3, 0.4) is 0 Å². The summed E-state index contributed by atoms with van der Waals surface area (Å²) < 4.78 is 11.0. The first-order chi connectivity index (χ1) is 16.9. The monoisotopic (exact) mass is 469 g/mol. The van der Waals surface area contributed by atoms with Crippen LogP contribution in [-0.2, 0) is 0 Å². The number of hydrogen-bond acceptors (Lipinski definition) is 8. The summed E-state index contributed by atoms with van der Waals surface area (Å²) in [6.07, 6.45) is 0. The van der Waals surface area contributed by atoms with Crippen molar-refractivity contribution in [3.05, 3.63) is 103 Å². The van der Waals surface area contributed by atoms with Crippen molar-refractivity contribution >= 4 is 23.1 Å². The van der Waals surface area contributed by atoms with E-state index in [2.05, 4.69) is 20.3 Å². The standard InChI is InChI=1S/C25H19N5O5/c1-11-16(21(31)12-5-3-2-4-6-12)20(26)18-17(13-7-8-14-15(9-13)35-10-34-14)19-23(28-22(18)27-11)29-25(33)30-24(19)32/h2-9,17H,10H2,1H3,(H5,26,27,28,29,30,32,33). The Hall–Kier alpha value is -4.86. The number of nitrogens with two attached hydrogens (primary N) is 1. The Labute approximate surface area is 197 Å². The highest BCUT2D eigenvalue weighted by Crippen LogP contribution is 2.47. The summed E-state index contributed by atoms with van der Waals surface area (Å²) in [5.41, 5.74) is 8.14. The van der Waals surface area contributed by atoms with Crippen molar-refractivity contribution in [1.82, 2.24) is 15.0 Å². The van der Waals surface area contributed by atoms with Gasteiger partial charge in [-0.3, -0.25) is 19.6 Å². The molecule has 4 aromatic rings. The number of rotatable bonds is 3. The van der Waals surface area contributed by atoms with Crippen LogP contribution in [0, 0.1) is 6.92 Å². The molecule has 10 heteroatoms. The first-order valence-corrected chi connectivity index (χ1v) is 10.8. The fourth-order valence-electron chi connectivity index (χ4n) is 4.71. The van der Waals surface area contributed by atoms with E-state index in [0.29, 0.717) is 39.7 Å². The number of H-pyrrole nitrogens is 2. The van der Waals surface area contributed by atoms with Gasteiger partial charge in [-0.25, -0.2) is 9.78 Å². The Kier molecular flexibility index (Phi) is 4.49. The molecule has 6 rings (SSSR count). The van der Waals surface area contributed by atoms with E-state index in [1.165, 1.54) is 0 Å². The van der Waals surface area contributed by atoms with E-state index in [9.17, 15) is 14.4 Å². The molecule has 2 aliphatic heterocycles. The number of aromatic amines is 2. The highest BCUT2D eigenvalue weighted by Gasteiger charge is 2.36. The zero-order chi connectivity index (χ0) is 24.3. The molecule has 1 atom stereocenters. The SMILES string of the molecule is Cc1nc2c(c(N)c1C(=O)c1ccccc1)C(c1ccc3c(c1)OCO3)c1c([nH]c(=O)[nH]c1=O)N2. The molecule has 35 heavy (non-hydrogen) atoms. The van der Waals surface area contributed by atoms with E-state index in [4.69, 9.17) is 15.2 Å². The van der Waals surface area contributed by atoms with Crippen LogP contribution >= 0.6 is 0 Å². The van der Waals surface area contributed by atoms with Crippen molar-refractivity contribution in [2.45, 2.75) is 12.8 Å². The molecule has 0 amide bonds. The Balaban J connectivity index is 1.63. The minimum Gasteiger partial charge on any atom is -0.454 e. The number of aryl methyl sites for hydroxylation is 1. The van der Waals surface area contributed by atoms with Gasteiger partial charge in [0.25, 0.3) is 5.56 Å². The van der Waals surface area contributed by atoms with Crippen LogP contribution < -0.4 is 31.8 Å². The van der Waals surface area contributed by atoms with Gasteiger partial charge >= 0.3 is 5.69 Å². The fourth-order valence-corrected chi connectivity index (χ4v) is 4.71. The number of pyridine rings is 1. The van der Waals surface area contributed by atoms with Crippen molar-refractivity contribution in [3.63, 3.8) is 0 Å². The molecule has 0 bridgehead atoms. The zero-order valence-corrected chi connectivity index (χ0v) is 18.5. The Morgan fingerprint density at radius 1 is 1.03 bits per heavy atom. The maximum Gasteiger partial charge on any atom is 0.327 e. The molecular weight excluding hydrogens is 450 g/mol. The van der Waals surface area contributed by atoms with E-state index < -0.39 is 17.2 Å². The van der Waals surface area contributed by atoms with Gasteiger partial charge in [0.1, 0.15) is 11.6 Å². The lowest BCUT2D eigenvalue weighted by molar-refractivity contribution is 0.103. The van der Waals surface area contributed by atoms with Crippen molar-refractivity contribution in [1.29, 1.82) is 0 Å². The second-order valence-corrected chi connectivity index (χ2v) is 8.31. The molecule has 2 aromatic heterocycles. The summed E-state index contributed by atoms with van der Waals surface area (Å²) in [6.45, 7) is 1.78. The van der Waals surface area contributed by atoms with Crippen molar-refractivity contribution in [3.8, 4) is 11.5 Å². The molecular formula is C25H19N5O5. The van der Waals surface area contributed by atoms with Gasteiger partial charge in [0.05, 0.1) is 22.5 Å². The number of carbonyl (C=O) groups is 1. The van der Waals surface area contributed by atoms with Gasteiger partial charge in [0.15, 0.2) is 17.3 Å². The van der Waals surface area contributed by atoms with Crippen LogP contribution in [0.1, 0.15) is 44.2 Å². The minimum atomic E-state index is -0.744. The van der Waals surface area contributed by atoms with Gasteiger partial charge in [0.2, 0.25) is 6.79 Å². The predicted octanol–water partition coefficient (Wildman–Crippen LogP) is 2.55. The molecule has 0 saturated carbocycles. The third-order valence-electron chi connectivity index (χ3n) is 6.25. The molecule has 174 valence electrons. The van der Waals surface area contributed by atoms with Crippen molar-refractivity contribution < 1.29 is 14.3 Å². The molecule has 0 spiro atoms. The summed E-state index contributed by atoms with van der Waals surface area (Å²) in [4.78, 5) is 48.0. The summed E-state index contributed by atoms with van der Waals surface area (Å²) in [7, 11) is 0. The number of carbonyl (C=O) groups excluding carboxylic acids is 1. The first kappa shape index (κ1) is 20.7. The average Bonchev–Trinajstić information content (AvgIpc) is 3.31. The smallest absolute Gasteiger partial charge is 0.327 e. The third kappa shape index (κ3) is 3.18. The molecule has 1 unspecified atom stereocenters. The number of ketones is 1. The molecule has 10 nitrogen and oxygen atoms in total. The Bertz CT molecular complexity index is 1640. The number of nitrogen functional groups attached to an aromatic ring is 1. The lowest BCUT2D eigenvalue weighted by Gasteiger charge is -2.30. The summed E-state index contributed by atoms with van der Waals surface area (Å²) in [6, 6.07) is 14.1. The van der Waals surface area contributed by atoms with Gasteiger partial charge in [-0.15, -0.1) is 0 Å². The number of hydrogen-bond donors (Lipinski definition) is 4. The first-order valence-electron chi connectivity index (χ1n) is 10.8. The lowest BCUT2D eigenvalue weighted by atomic mass is 9.81. The highest BCUT2D eigenvalue weighted by molar-refractivity contribution is 6.13. The molecule has 2 aliphatic rings. The zero-order valence-electron chi connectivity index (χ0n) is 18.5. The van der Waals surface area contributed by atoms with Gasteiger partial charge < -0.3 is 20.5 Å². The number of ether oxygens (including phenoxy) is 2. The van der Waals surface area contributed by atoms with Crippen molar-refractivity contribution in [2.75, 3.05) is 17.8 Å². The topological polar surface area (TPSA) is 152 Å². The molecule has 2 aromatic carbocycles. The molecule has 0 aliphatic carbocycles. The van der Waals surface area contributed by atoms with Gasteiger partial charge in [-0.2, -0.15) is 0 Å². The molecule has 0 saturated heterocycles. The maximum atomic E-state index is 13.4. The number of anilines is 3. The number of nitrogens with zero attached hydrogens (tertiary/aromatic N) is 1. The van der Waals surface area contributed by atoms with Crippen LogP contribution in [0.5, 0.6) is 11.5 Å². The molecule has 0 fully saturated rings. The summed E-state index contributed by atoms with van der Waals surface area (Å²) in [5.74, 6) is 0.634. The Morgan fingerprint density at radius 3 is 2.60 bits per heavy atom. The van der Waals surface area contributed by atoms with Crippen LogP contribution in [0.25, 0.3) is 0 Å². The van der Waals surface area contributed by atoms with Crippen LogP contribution in [0.2, 0.25) is 0 Å². The number of benzene rings is 2. The summed E-state index contributed by atoms with van der Waals surface area (Å²) in [5, 5.41) is 3.03. The van der Waals surface area contributed by atoms with Crippen molar-refractivity contribution in [2.24, 2.45) is 0 Å². The fraction of sp³-hybridized carbons (Fsp3) is 0.120. The number of fused-ring (bicyclic) bond motifs is 3. The second-order valence-electron chi connectivity index (χ2n) is 8.31. The van der Waals surface area contributed by atoms with E-state index >= 15 is 0 Å². The van der Waals surface area contributed by atoms with Crippen LogP contribution in [0.15, 0.2) is 58.1 Å². The van der Waals surface area contributed by atoms with Gasteiger partial charge in [-0.05, 0) is 24.6 Å². The normalized spacial score (nSPS) is 15.2.